The SMILES string of the molecule is Cc1ccc(CN(C)c2nn3c(=O)cc(C)nc3s2)c(C)c1. The normalized spacial score (nSPS) is 11.1. The number of fused-ring (bicyclic) bond motifs is 1. The van der Waals surface area contributed by atoms with E-state index in [1.54, 1.807) is 0 Å². The molecule has 0 saturated heterocycles. The Labute approximate surface area is 132 Å². The summed E-state index contributed by atoms with van der Waals surface area (Å²) in [5, 5.41) is 5.17. The van der Waals surface area contributed by atoms with Gasteiger partial charge < -0.3 is 4.90 Å². The van der Waals surface area contributed by atoms with Crippen molar-refractivity contribution < 1.29 is 0 Å². The zero-order valence-corrected chi connectivity index (χ0v) is 13.9. The van der Waals surface area contributed by atoms with E-state index < -0.39 is 0 Å². The van der Waals surface area contributed by atoms with Gasteiger partial charge in [0.15, 0.2) is 0 Å². The molecule has 0 unspecified atom stereocenters. The van der Waals surface area contributed by atoms with Crippen molar-refractivity contribution >= 4 is 21.4 Å². The zero-order valence-electron chi connectivity index (χ0n) is 13.1. The highest BCUT2D eigenvalue weighted by atomic mass is 32.1. The van der Waals surface area contributed by atoms with Gasteiger partial charge in [0, 0.05) is 25.4 Å². The van der Waals surface area contributed by atoms with Gasteiger partial charge in [0.25, 0.3) is 5.56 Å². The van der Waals surface area contributed by atoms with Gasteiger partial charge in [-0.2, -0.15) is 4.52 Å². The second kappa shape index (κ2) is 5.53. The van der Waals surface area contributed by atoms with Crippen molar-refractivity contribution in [2.45, 2.75) is 27.3 Å². The van der Waals surface area contributed by atoms with Gasteiger partial charge in [-0.25, -0.2) is 4.98 Å². The lowest BCUT2D eigenvalue weighted by molar-refractivity contribution is 0.838. The van der Waals surface area contributed by atoms with Crippen molar-refractivity contribution in [2.75, 3.05) is 11.9 Å². The van der Waals surface area contributed by atoms with Crippen LogP contribution in [-0.2, 0) is 6.54 Å². The second-order valence-electron chi connectivity index (χ2n) is 5.60. The predicted molar refractivity (Wildman–Crippen MR) is 89.9 cm³/mol. The highest BCUT2D eigenvalue weighted by Crippen LogP contribution is 2.22. The quantitative estimate of drug-likeness (QED) is 0.746. The molecule has 0 aliphatic carbocycles. The summed E-state index contributed by atoms with van der Waals surface area (Å²) >= 11 is 1.43. The average Bonchev–Trinajstić information content (AvgIpc) is 2.86. The summed E-state index contributed by atoms with van der Waals surface area (Å²) in [5.74, 6) is 0. The Kier molecular flexibility index (Phi) is 3.70. The summed E-state index contributed by atoms with van der Waals surface area (Å²) < 4.78 is 1.37. The Morgan fingerprint density at radius 1 is 1.23 bits per heavy atom. The molecule has 22 heavy (non-hydrogen) atoms. The Morgan fingerprint density at radius 3 is 2.73 bits per heavy atom. The summed E-state index contributed by atoms with van der Waals surface area (Å²) in [4.78, 5) is 19.0. The van der Waals surface area contributed by atoms with Crippen LogP contribution in [0.4, 0.5) is 5.13 Å². The minimum atomic E-state index is -0.134. The molecule has 2 aromatic heterocycles. The molecule has 2 heterocycles. The molecule has 0 saturated carbocycles. The third kappa shape index (κ3) is 2.74. The lowest BCUT2D eigenvalue weighted by Crippen LogP contribution is -2.19. The predicted octanol–water partition coefficient (Wildman–Crippen LogP) is 2.71. The monoisotopic (exact) mass is 314 g/mol. The zero-order chi connectivity index (χ0) is 15.9. The van der Waals surface area contributed by atoms with E-state index in [0.29, 0.717) is 4.96 Å². The van der Waals surface area contributed by atoms with Crippen LogP contribution in [0, 0.1) is 20.8 Å². The molecule has 0 N–H and O–H groups in total. The van der Waals surface area contributed by atoms with Crippen molar-refractivity contribution in [1.82, 2.24) is 14.6 Å². The molecular weight excluding hydrogens is 296 g/mol. The topological polar surface area (TPSA) is 50.5 Å². The van der Waals surface area contributed by atoms with Gasteiger partial charge >= 0.3 is 0 Å². The van der Waals surface area contributed by atoms with Gasteiger partial charge in [0.1, 0.15) is 0 Å². The first-order chi connectivity index (χ1) is 10.4. The number of aryl methyl sites for hydroxylation is 3. The van der Waals surface area contributed by atoms with Crippen LogP contribution in [0.3, 0.4) is 0 Å². The molecule has 0 amide bonds. The molecule has 6 heteroatoms. The highest BCUT2D eigenvalue weighted by molar-refractivity contribution is 7.20. The van der Waals surface area contributed by atoms with E-state index in [1.807, 2.05) is 18.9 Å². The van der Waals surface area contributed by atoms with Gasteiger partial charge in [-0.1, -0.05) is 35.1 Å². The maximum Gasteiger partial charge on any atom is 0.275 e. The maximum atomic E-state index is 11.9. The van der Waals surface area contributed by atoms with E-state index in [4.69, 9.17) is 0 Å². The summed E-state index contributed by atoms with van der Waals surface area (Å²) in [6.07, 6.45) is 0. The molecule has 1 aromatic carbocycles. The van der Waals surface area contributed by atoms with E-state index in [2.05, 4.69) is 42.1 Å². The Morgan fingerprint density at radius 2 is 2.00 bits per heavy atom. The van der Waals surface area contributed by atoms with Crippen LogP contribution in [0.2, 0.25) is 0 Å². The largest absolute Gasteiger partial charge is 0.345 e. The third-order valence-electron chi connectivity index (χ3n) is 3.59. The summed E-state index contributed by atoms with van der Waals surface area (Å²) in [7, 11) is 1.98. The minimum Gasteiger partial charge on any atom is -0.345 e. The van der Waals surface area contributed by atoms with Gasteiger partial charge in [-0.15, -0.1) is 5.10 Å². The van der Waals surface area contributed by atoms with Gasteiger partial charge in [-0.3, -0.25) is 4.79 Å². The minimum absolute atomic E-state index is 0.134. The molecule has 0 radical (unpaired) electrons. The Bertz CT molecular complexity index is 897. The van der Waals surface area contributed by atoms with Gasteiger partial charge in [-0.05, 0) is 31.9 Å². The number of aromatic nitrogens is 3. The first-order valence-electron chi connectivity index (χ1n) is 7.09. The van der Waals surface area contributed by atoms with Crippen LogP contribution in [0.15, 0.2) is 29.1 Å². The number of rotatable bonds is 3. The van der Waals surface area contributed by atoms with E-state index in [1.165, 1.54) is 38.6 Å². The number of anilines is 1. The summed E-state index contributed by atoms with van der Waals surface area (Å²) in [6.45, 7) is 6.78. The van der Waals surface area contributed by atoms with Crippen LogP contribution in [0.1, 0.15) is 22.4 Å². The van der Waals surface area contributed by atoms with E-state index >= 15 is 0 Å². The van der Waals surface area contributed by atoms with Crippen molar-refractivity contribution in [1.29, 1.82) is 0 Å². The molecule has 3 rings (SSSR count). The first-order valence-corrected chi connectivity index (χ1v) is 7.90. The van der Waals surface area contributed by atoms with Crippen molar-refractivity contribution in [2.24, 2.45) is 0 Å². The van der Waals surface area contributed by atoms with E-state index in [0.717, 1.165) is 17.4 Å². The second-order valence-corrected chi connectivity index (χ2v) is 6.54. The summed E-state index contributed by atoms with van der Waals surface area (Å²) in [6, 6.07) is 7.94. The van der Waals surface area contributed by atoms with E-state index in [-0.39, 0.29) is 5.56 Å². The molecule has 0 fully saturated rings. The first kappa shape index (κ1) is 14.7. The molecule has 0 aliphatic heterocycles. The summed E-state index contributed by atoms with van der Waals surface area (Å²) in [5.41, 5.74) is 4.36. The van der Waals surface area contributed by atoms with Crippen LogP contribution < -0.4 is 10.5 Å². The smallest absolute Gasteiger partial charge is 0.275 e. The van der Waals surface area contributed by atoms with Gasteiger partial charge in [0.05, 0.1) is 0 Å². The van der Waals surface area contributed by atoms with E-state index in [9.17, 15) is 4.79 Å². The Hall–Kier alpha value is -2.21. The molecule has 5 nitrogen and oxygen atoms in total. The molecule has 0 aliphatic rings. The van der Waals surface area contributed by atoms with Crippen LogP contribution in [0.5, 0.6) is 0 Å². The maximum absolute atomic E-state index is 11.9. The molecule has 0 atom stereocenters. The lowest BCUT2D eigenvalue weighted by atomic mass is 10.1. The third-order valence-corrected chi connectivity index (χ3v) is 4.62. The number of hydrogen-bond donors (Lipinski definition) is 0. The molecule has 0 spiro atoms. The fraction of sp³-hybridized carbons (Fsp3) is 0.312. The van der Waals surface area contributed by atoms with Crippen LogP contribution >= 0.6 is 11.3 Å². The van der Waals surface area contributed by atoms with Crippen molar-refractivity contribution in [3.05, 3.63) is 57.0 Å². The highest BCUT2D eigenvalue weighted by Gasteiger charge is 2.12. The lowest BCUT2D eigenvalue weighted by Gasteiger charge is -2.16. The van der Waals surface area contributed by atoms with Crippen molar-refractivity contribution in [3.63, 3.8) is 0 Å². The number of benzene rings is 1. The number of hydrogen-bond acceptors (Lipinski definition) is 5. The van der Waals surface area contributed by atoms with Crippen LogP contribution in [-0.4, -0.2) is 21.6 Å². The molecule has 3 aromatic rings. The standard InChI is InChI=1S/C16H18N4OS/c1-10-5-6-13(11(2)7-10)9-19(4)16-18-20-14(21)8-12(3)17-15(20)22-16/h5-8H,9H2,1-4H3. The average molecular weight is 314 g/mol. The van der Waals surface area contributed by atoms with Gasteiger partial charge in [0.2, 0.25) is 10.1 Å². The van der Waals surface area contributed by atoms with Crippen LogP contribution in [0.25, 0.3) is 4.96 Å². The Balaban J connectivity index is 1.93. The fourth-order valence-corrected chi connectivity index (χ4v) is 3.32. The van der Waals surface area contributed by atoms with Crippen molar-refractivity contribution in [3.8, 4) is 0 Å². The molecule has 0 bridgehead atoms. The molecule has 114 valence electrons. The molecular formula is C16H18N4OS. The number of nitrogens with zero attached hydrogens (tertiary/aromatic N) is 4. The fourth-order valence-electron chi connectivity index (χ4n) is 2.41.